The van der Waals surface area contributed by atoms with Crippen LogP contribution in [0.2, 0.25) is 0 Å². The fraction of sp³-hybridized carbons (Fsp3) is 0.480. The number of rotatable bonds is 8. The van der Waals surface area contributed by atoms with E-state index in [0.29, 0.717) is 30.4 Å². The van der Waals surface area contributed by atoms with Gasteiger partial charge in [0.05, 0.1) is 11.0 Å². The normalized spacial score (nSPS) is 19.7. The van der Waals surface area contributed by atoms with Gasteiger partial charge in [0, 0.05) is 22.9 Å². The van der Waals surface area contributed by atoms with Gasteiger partial charge < -0.3 is 15.0 Å². The van der Waals surface area contributed by atoms with Gasteiger partial charge in [-0.2, -0.15) is 0 Å². The van der Waals surface area contributed by atoms with Gasteiger partial charge in [-0.3, -0.25) is 4.79 Å². The highest BCUT2D eigenvalue weighted by molar-refractivity contribution is 7.09. The van der Waals surface area contributed by atoms with Crippen LogP contribution in [0.3, 0.4) is 0 Å². The highest BCUT2D eigenvalue weighted by atomic mass is 32.1. The Morgan fingerprint density at radius 2 is 2.09 bits per heavy atom. The van der Waals surface area contributed by atoms with Gasteiger partial charge in [-0.15, -0.1) is 11.3 Å². The van der Waals surface area contributed by atoms with Crippen LogP contribution in [0.5, 0.6) is 0 Å². The number of carboxylic acids is 1. The molecule has 2 N–H and O–H groups in total. The zero-order valence-electron chi connectivity index (χ0n) is 18.7. The summed E-state index contributed by atoms with van der Waals surface area (Å²) in [7, 11) is 0. The maximum absolute atomic E-state index is 12.8. The summed E-state index contributed by atoms with van der Waals surface area (Å²) in [5.74, 6) is 0.243. The summed E-state index contributed by atoms with van der Waals surface area (Å²) in [5.41, 5.74) is 2.29. The Labute approximate surface area is 192 Å². The number of amides is 1. The average Bonchev–Trinajstić information content (AvgIpc) is 3.41. The molecule has 4 rings (SSSR count). The number of imidazole rings is 1. The number of carbonyl (C=O) groups is 2. The average molecular weight is 454 g/mol. The third kappa shape index (κ3) is 4.72. The summed E-state index contributed by atoms with van der Waals surface area (Å²) >= 11 is 1.73. The quantitative estimate of drug-likeness (QED) is 0.477. The first-order chi connectivity index (χ1) is 15.5. The van der Waals surface area contributed by atoms with E-state index in [1.54, 1.807) is 23.5 Å². The van der Waals surface area contributed by atoms with E-state index in [0.717, 1.165) is 29.7 Å². The number of aliphatic carboxylic acids is 1. The van der Waals surface area contributed by atoms with E-state index in [9.17, 15) is 14.7 Å². The maximum Gasteiger partial charge on any atom is 0.326 e. The zero-order chi connectivity index (χ0) is 22.7. The standard InChI is InChI=1S/C25H31N3O3S/c1-3-7-19(25(30)31)27-24(29)17-11-12-22-20(14-17)26-23(15-18-9-6-13-32-18)28(22)21-10-5-4-8-16(21)2/h6,9,11-14,16,19,21H,3-5,7-8,10,15H2,1-2H3,(H,27,29)(H,30,31)/t16-,19+,21?/m1/s1. The van der Waals surface area contributed by atoms with Gasteiger partial charge in [0.25, 0.3) is 5.91 Å². The highest BCUT2D eigenvalue weighted by Crippen LogP contribution is 2.37. The Hall–Kier alpha value is -2.67. The highest BCUT2D eigenvalue weighted by Gasteiger charge is 2.27. The maximum atomic E-state index is 12.8. The van der Waals surface area contributed by atoms with Gasteiger partial charge >= 0.3 is 5.97 Å². The first-order valence-corrected chi connectivity index (χ1v) is 12.4. The molecule has 1 aliphatic carbocycles. The number of carbonyl (C=O) groups excluding carboxylic acids is 1. The predicted molar refractivity (Wildman–Crippen MR) is 127 cm³/mol. The molecule has 3 aromatic rings. The Balaban J connectivity index is 1.70. The van der Waals surface area contributed by atoms with E-state index in [1.807, 2.05) is 13.0 Å². The fourth-order valence-electron chi connectivity index (χ4n) is 4.82. The van der Waals surface area contributed by atoms with E-state index in [4.69, 9.17) is 4.98 Å². The molecule has 0 aliphatic heterocycles. The molecule has 6 nitrogen and oxygen atoms in total. The molecule has 170 valence electrons. The minimum atomic E-state index is -1.00. The van der Waals surface area contributed by atoms with Gasteiger partial charge in [0.1, 0.15) is 11.9 Å². The van der Waals surface area contributed by atoms with Crippen LogP contribution in [-0.4, -0.2) is 32.6 Å². The first-order valence-electron chi connectivity index (χ1n) is 11.5. The second-order valence-electron chi connectivity index (χ2n) is 8.84. The molecule has 1 unspecified atom stereocenters. The second-order valence-corrected chi connectivity index (χ2v) is 9.87. The lowest BCUT2D eigenvalue weighted by atomic mass is 9.85. The number of benzene rings is 1. The van der Waals surface area contributed by atoms with Crippen molar-refractivity contribution >= 4 is 34.2 Å². The Kier molecular flexibility index (Phi) is 6.94. The van der Waals surface area contributed by atoms with Gasteiger partial charge in [-0.05, 0) is 54.8 Å². The smallest absolute Gasteiger partial charge is 0.326 e. The zero-order valence-corrected chi connectivity index (χ0v) is 19.5. The van der Waals surface area contributed by atoms with E-state index in [2.05, 4.69) is 34.3 Å². The lowest BCUT2D eigenvalue weighted by Gasteiger charge is -2.31. The van der Waals surface area contributed by atoms with Crippen LogP contribution in [0.4, 0.5) is 0 Å². The van der Waals surface area contributed by atoms with Crippen molar-refractivity contribution in [3.05, 3.63) is 52.0 Å². The van der Waals surface area contributed by atoms with Crippen LogP contribution in [0.1, 0.15) is 79.5 Å². The first kappa shape index (κ1) is 22.5. The van der Waals surface area contributed by atoms with Crippen molar-refractivity contribution in [1.29, 1.82) is 0 Å². The number of nitrogens with zero attached hydrogens (tertiary/aromatic N) is 2. The molecule has 2 aromatic heterocycles. The molecular weight excluding hydrogens is 422 g/mol. The molecule has 0 spiro atoms. The monoisotopic (exact) mass is 453 g/mol. The van der Waals surface area contributed by atoms with Gasteiger partial charge in [-0.1, -0.05) is 39.2 Å². The van der Waals surface area contributed by atoms with Gasteiger partial charge in [0.2, 0.25) is 0 Å². The number of carboxylic acid groups (broad SMARTS) is 1. The van der Waals surface area contributed by atoms with E-state index >= 15 is 0 Å². The second kappa shape index (κ2) is 9.86. The number of hydrogen-bond acceptors (Lipinski definition) is 4. The van der Waals surface area contributed by atoms with E-state index in [1.165, 1.54) is 24.1 Å². The summed E-state index contributed by atoms with van der Waals surface area (Å²) in [4.78, 5) is 30.5. The molecule has 0 bridgehead atoms. The van der Waals surface area contributed by atoms with Crippen molar-refractivity contribution < 1.29 is 14.7 Å². The summed E-state index contributed by atoms with van der Waals surface area (Å²) < 4.78 is 2.40. The van der Waals surface area contributed by atoms with Crippen LogP contribution in [0.25, 0.3) is 11.0 Å². The molecular formula is C25H31N3O3S. The van der Waals surface area contributed by atoms with Crippen molar-refractivity contribution in [2.45, 2.75) is 70.9 Å². The Bertz CT molecular complexity index is 1090. The molecule has 32 heavy (non-hydrogen) atoms. The van der Waals surface area contributed by atoms with Crippen LogP contribution >= 0.6 is 11.3 Å². The van der Waals surface area contributed by atoms with Crippen LogP contribution in [0.15, 0.2) is 35.7 Å². The number of aromatic nitrogens is 2. The predicted octanol–water partition coefficient (Wildman–Crippen LogP) is 5.42. The lowest BCUT2D eigenvalue weighted by Crippen LogP contribution is -2.40. The van der Waals surface area contributed by atoms with Crippen LogP contribution in [-0.2, 0) is 11.2 Å². The largest absolute Gasteiger partial charge is 0.480 e. The van der Waals surface area contributed by atoms with Crippen LogP contribution < -0.4 is 5.32 Å². The van der Waals surface area contributed by atoms with E-state index in [-0.39, 0.29) is 5.91 Å². The number of nitrogens with one attached hydrogen (secondary N) is 1. The number of fused-ring (bicyclic) bond motifs is 1. The number of thiophene rings is 1. The third-order valence-corrected chi connectivity index (χ3v) is 7.39. The summed E-state index contributed by atoms with van der Waals surface area (Å²) in [6, 6.07) is 9.31. The molecule has 1 amide bonds. The summed E-state index contributed by atoms with van der Waals surface area (Å²) in [5, 5.41) is 14.1. The fourth-order valence-corrected chi connectivity index (χ4v) is 5.52. The molecule has 2 heterocycles. The molecule has 1 saturated carbocycles. The third-order valence-electron chi connectivity index (χ3n) is 6.52. The van der Waals surface area contributed by atoms with E-state index < -0.39 is 12.0 Å². The molecule has 0 saturated heterocycles. The summed E-state index contributed by atoms with van der Waals surface area (Å²) in [6.07, 6.45) is 6.73. The lowest BCUT2D eigenvalue weighted by molar-refractivity contribution is -0.139. The topological polar surface area (TPSA) is 84.2 Å². The van der Waals surface area contributed by atoms with Crippen molar-refractivity contribution in [3.8, 4) is 0 Å². The molecule has 1 fully saturated rings. The molecule has 0 radical (unpaired) electrons. The van der Waals surface area contributed by atoms with Crippen LogP contribution in [0, 0.1) is 5.92 Å². The molecule has 7 heteroatoms. The minimum Gasteiger partial charge on any atom is -0.480 e. The van der Waals surface area contributed by atoms with Crippen molar-refractivity contribution in [2.24, 2.45) is 5.92 Å². The minimum absolute atomic E-state index is 0.367. The number of hydrogen-bond donors (Lipinski definition) is 2. The van der Waals surface area contributed by atoms with Crippen molar-refractivity contribution in [1.82, 2.24) is 14.9 Å². The Morgan fingerprint density at radius 3 is 2.78 bits per heavy atom. The molecule has 1 aliphatic rings. The Morgan fingerprint density at radius 1 is 1.28 bits per heavy atom. The summed E-state index contributed by atoms with van der Waals surface area (Å²) in [6.45, 7) is 4.23. The SMILES string of the molecule is CCC[C@H](NC(=O)c1ccc2c(c1)nc(Cc1cccs1)n2C1CCCC[C@H]1C)C(=O)O. The molecule has 3 atom stereocenters. The van der Waals surface area contributed by atoms with Gasteiger partial charge in [-0.25, -0.2) is 9.78 Å². The van der Waals surface area contributed by atoms with Gasteiger partial charge in [0.15, 0.2) is 0 Å². The van der Waals surface area contributed by atoms with Crippen molar-refractivity contribution in [2.75, 3.05) is 0 Å². The molecule has 1 aromatic carbocycles. The van der Waals surface area contributed by atoms with Crippen molar-refractivity contribution in [3.63, 3.8) is 0 Å².